The Morgan fingerprint density at radius 1 is 0.944 bits per heavy atom. The summed E-state index contributed by atoms with van der Waals surface area (Å²) in [6.45, 7) is 15.3. The maximum atomic E-state index is 3.64. The number of hydrogen-bond acceptors (Lipinski definition) is 2. The van der Waals surface area contributed by atoms with Gasteiger partial charge in [0, 0.05) is 11.6 Å². The van der Waals surface area contributed by atoms with E-state index in [0.717, 1.165) is 12.5 Å². The van der Waals surface area contributed by atoms with E-state index in [0.29, 0.717) is 6.04 Å². The summed E-state index contributed by atoms with van der Waals surface area (Å²) in [6, 6.07) is 0.706. The second-order valence-corrected chi connectivity index (χ2v) is 7.15. The lowest BCUT2D eigenvalue weighted by Crippen LogP contribution is -2.46. The van der Waals surface area contributed by atoms with Crippen molar-refractivity contribution in [3.05, 3.63) is 0 Å². The zero-order valence-electron chi connectivity index (χ0n) is 13.3. The summed E-state index contributed by atoms with van der Waals surface area (Å²) in [7, 11) is 0. The molecule has 0 spiro atoms. The molecule has 0 aromatic rings. The Kier molecular flexibility index (Phi) is 6.65. The van der Waals surface area contributed by atoms with Gasteiger partial charge in [-0.15, -0.1) is 0 Å². The zero-order valence-corrected chi connectivity index (χ0v) is 13.3. The van der Waals surface area contributed by atoms with Gasteiger partial charge in [0.15, 0.2) is 0 Å². The molecule has 0 saturated carbocycles. The van der Waals surface area contributed by atoms with Crippen LogP contribution in [0.2, 0.25) is 0 Å². The summed E-state index contributed by atoms with van der Waals surface area (Å²) >= 11 is 0. The predicted octanol–water partition coefficient (Wildman–Crippen LogP) is 3.67. The minimum atomic E-state index is 0.240. The highest BCUT2D eigenvalue weighted by Gasteiger charge is 2.21. The molecule has 1 fully saturated rings. The molecule has 2 unspecified atom stereocenters. The third-order valence-electron chi connectivity index (χ3n) is 4.24. The molecule has 0 bridgehead atoms. The zero-order chi connectivity index (χ0) is 13.6. The van der Waals surface area contributed by atoms with Gasteiger partial charge >= 0.3 is 0 Å². The summed E-state index contributed by atoms with van der Waals surface area (Å²) in [5.41, 5.74) is 0.240. The molecule has 0 radical (unpaired) electrons. The van der Waals surface area contributed by atoms with Gasteiger partial charge in [0.25, 0.3) is 0 Å². The van der Waals surface area contributed by atoms with E-state index in [2.05, 4.69) is 44.8 Å². The monoisotopic (exact) mass is 254 g/mol. The Labute approximate surface area is 115 Å². The smallest absolute Gasteiger partial charge is 0.0105 e. The van der Waals surface area contributed by atoms with Gasteiger partial charge in [-0.3, -0.25) is 0 Å². The Balaban J connectivity index is 2.37. The number of hydrogen-bond donors (Lipinski definition) is 1. The van der Waals surface area contributed by atoms with Gasteiger partial charge in [0.2, 0.25) is 0 Å². The van der Waals surface area contributed by atoms with Crippen molar-refractivity contribution < 1.29 is 0 Å². The average molecular weight is 254 g/mol. The summed E-state index contributed by atoms with van der Waals surface area (Å²) in [5.74, 6) is 0.726. The van der Waals surface area contributed by atoms with Crippen LogP contribution in [0, 0.1) is 5.92 Å². The fraction of sp³-hybridized carbons (Fsp3) is 1.00. The number of likely N-dealkylation sites (tertiary alicyclic amines) is 1. The van der Waals surface area contributed by atoms with Gasteiger partial charge in [0.1, 0.15) is 0 Å². The van der Waals surface area contributed by atoms with Crippen molar-refractivity contribution >= 4 is 0 Å². The standard InChI is InChI=1S/C16H34N2/c1-14(13-17-16(3,4)5)15(2)18-11-9-7-6-8-10-12-18/h14-15,17H,6-13H2,1-5H3. The van der Waals surface area contributed by atoms with Crippen LogP contribution in [0.1, 0.15) is 66.7 Å². The topological polar surface area (TPSA) is 15.3 Å². The van der Waals surface area contributed by atoms with Crippen molar-refractivity contribution in [2.24, 2.45) is 5.92 Å². The molecular formula is C16H34N2. The van der Waals surface area contributed by atoms with Crippen LogP contribution in [0.15, 0.2) is 0 Å². The van der Waals surface area contributed by atoms with E-state index in [-0.39, 0.29) is 5.54 Å². The Morgan fingerprint density at radius 2 is 1.44 bits per heavy atom. The third-order valence-corrected chi connectivity index (χ3v) is 4.24. The number of nitrogens with one attached hydrogen (secondary N) is 1. The first-order valence-electron chi connectivity index (χ1n) is 7.89. The van der Waals surface area contributed by atoms with E-state index >= 15 is 0 Å². The van der Waals surface area contributed by atoms with E-state index in [1.807, 2.05) is 0 Å². The van der Waals surface area contributed by atoms with Gasteiger partial charge in [-0.1, -0.05) is 26.2 Å². The lowest BCUT2D eigenvalue weighted by molar-refractivity contribution is 0.143. The molecule has 1 heterocycles. The maximum absolute atomic E-state index is 3.64. The fourth-order valence-corrected chi connectivity index (χ4v) is 2.68. The predicted molar refractivity (Wildman–Crippen MR) is 81.0 cm³/mol. The molecule has 1 rings (SSSR count). The number of rotatable bonds is 4. The van der Waals surface area contributed by atoms with E-state index in [1.54, 1.807) is 0 Å². The van der Waals surface area contributed by atoms with Crippen molar-refractivity contribution in [1.82, 2.24) is 10.2 Å². The van der Waals surface area contributed by atoms with Crippen molar-refractivity contribution in [2.45, 2.75) is 78.3 Å². The lowest BCUT2D eigenvalue weighted by atomic mass is 9.98. The molecule has 0 aromatic heterocycles. The third kappa shape index (κ3) is 6.19. The van der Waals surface area contributed by atoms with Crippen LogP contribution in [-0.4, -0.2) is 36.1 Å². The van der Waals surface area contributed by atoms with Crippen LogP contribution < -0.4 is 5.32 Å². The molecular weight excluding hydrogens is 220 g/mol. The molecule has 2 heteroatoms. The Morgan fingerprint density at radius 3 is 1.94 bits per heavy atom. The van der Waals surface area contributed by atoms with Crippen molar-refractivity contribution in [3.63, 3.8) is 0 Å². The molecule has 2 nitrogen and oxygen atoms in total. The highest BCUT2D eigenvalue weighted by Crippen LogP contribution is 2.17. The molecule has 1 N–H and O–H groups in total. The molecule has 2 atom stereocenters. The highest BCUT2D eigenvalue weighted by molar-refractivity contribution is 4.79. The fourth-order valence-electron chi connectivity index (χ4n) is 2.68. The quantitative estimate of drug-likeness (QED) is 0.823. The molecule has 0 aromatic carbocycles. The van der Waals surface area contributed by atoms with Crippen LogP contribution in [-0.2, 0) is 0 Å². The van der Waals surface area contributed by atoms with Crippen LogP contribution in [0.4, 0.5) is 0 Å². The van der Waals surface area contributed by atoms with Crippen LogP contribution in [0.25, 0.3) is 0 Å². The highest BCUT2D eigenvalue weighted by atomic mass is 15.2. The maximum Gasteiger partial charge on any atom is 0.0105 e. The summed E-state index contributed by atoms with van der Waals surface area (Å²) in [6.07, 6.45) is 7.09. The molecule has 1 aliphatic heterocycles. The average Bonchev–Trinajstić information content (AvgIpc) is 2.23. The van der Waals surface area contributed by atoms with Crippen LogP contribution in [0.5, 0.6) is 0 Å². The first-order valence-corrected chi connectivity index (χ1v) is 7.89. The molecule has 0 aliphatic carbocycles. The van der Waals surface area contributed by atoms with Crippen molar-refractivity contribution in [1.29, 1.82) is 0 Å². The molecule has 0 amide bonds. The summed E-state index contributed by atoms with van der Waals surface area (Å²) in [5, 5.41) is 3.64. The van der Waals surface area contributed by atoms with E-state index in [1.165, 1.54) is 45.2 Å². The minimum absolute atomic E-state index is 0.240. The van der Waals surface area contributed by atoms with E-state index < -0.39 is 0 Å². The summed E-state index contributed by atoms with van der Waals surface area (Å²) in [4.78, 5) is 2.72. The van der Waals surface area contributed by atoms with Gasteiger partial charge in [-0.2, -0.15) is 0 Å². The number of nitrogens with zero attached hydrogens (tertiary/aromatic N) is 1. The van der Waals surface area contributed by atoms with Gasteiger partial charge in [0.05, 0.1) is 0 Å². The molecule has 108 valence electrons. The SMILES string of the molecule is CC(CNC(C)(C)C)C(C)N1CCCCCCC1. The second-order valence-electron chi connectivity index (χ2n) is 7.15. The largest absolute Gasteiger partial charge is 0.312 e. The van der Waals surface area contributed by atoms with Gasteiger partial charge in [-0.05, 0) is 66.1 Å². The Bertz CT molecular complexity index is 212. The van der Waals surface area contributed by atoms with Crippen LogP contribution >= 0.6 is 0 Å². The Hall–Kier alpha value is -0.0800. The van der Waals surface area contributed by atoms with Crippen LogP contribution in [0.3, 0.4) is 0 Å². The van der Waals surface area contributed by atoms with Crippen molar-refractivity contribution in [3.8, 4) is 0 Å². The van der Waals surface area contributed by atoms with E-state index in [4.69, 9.17) is 0 Å². The minimum Gasteiger partial charge on any atom is -0.312 e. The first-order chi connectivity index (χ1) is 8.40. The van der Waals surface area contributed by atoms with Gasteiger partial charge in [-0.25, -0.2) is 0 Å². The first kappa shape index (κ1) is 16.0. The molecule has 1 aliphatic rings. The summed E-state index contributed by atoms with van der Waals surface area (Å²) < 4.78 is 0. The normalized spacial score (nSPS) is 23.2. The second kappa shape index (κ2) is 7.49. The molecule has 18 heavy (non-hydrogen) atoms. The molecule has 1 saturated heterocycles. The van der Waals surface area contributed by atoms with Crippen molar-refractivity contribution in [2.75, 3.05) is 19.6 Å². The van der Waals surface area contributed by atoms with E-state index in [9.17, 15) is 0 Å². The lowest BCUT2D eigenvalue weighted by Gasteiger charge is -2.35. The van der Waals surface area contributed by atoms with Gasteiger partial charge < -0.3 is 10.2 Å².